The fourth-order valence-corrected chi connectivity index (χ4v) is 16.2. The van der Waals surface area contributed by atoms with E-state index in [1.165, 1.54) is 103 Å². The molecule has 4 heterocycles. The molecule has 0 aliphatic carbocycles. The minimum Gasteiger partial charge on any atom is -0.456 e. The van der Waals surface area contributed by atoms with Gasteiger partial charge in [0.1, 0.15) is 23.0 Å². The van der Waals surface area contributed by atoms with Gasteiger partial charge >= 0.3 is 0 Å². The molecule has 0 fully saturated rings. The number of pyridine rings is 2. The molecule has 2 aliphatic rings. The van der Waals surface area contributed by atoms with Crippen LogP contribution in [0.1, 0.15) is 11.1 Å². The molecule has 2 aliphatic heterocycles. The van der Waals surface area contributed by atoms with Crippen LogP contribution in [0.5, 0.6) is 23.0 Å². The molecule has 19 aromatic rings. The van der Waals surface area contributed by atoms with Crippen molar-refractivity contribution >= 4 is 97.0 Å². The minimum absolute atomic E-state index is 0.582. The molecule has 0 spiro atoms. The number of benzene rings is 17. The van der Waals surface area contributed by atoms with E-state index in [0.29, 0.717) is 22.6 Å². The highest BCUT2D eigenvalue weighted by atomic mass is 16.5. The third-order valence-corrected chi connectivity index (χ3v) is 20.9. The second-order valence-corrected chi connectivity index (χ2v) is 26.4. The Hall–Kier alpha value is -14.0. The van der Waals surface area contributed by atoms with Gasteiger partial charge in [0.2, 0.25) is 0 Å². The van der Waals surface area contributed by atoms with E-state index in [9.17, 15) is 10.5 Å². The number of aromatic nitrogens is 2. The van der Waals surface area contributed by atoms with Crippen LogP contribution in [0.2, 0.25) is 0 Å². The first kappa shape index (κ1) is 58.1. The van der Waals surface area contributed by atoms with E-state index < -0.39 is 0 Å². The summed E-state index contributed by atoms with van der Waals surface area (Å²) in [6, 6.07) is 116. The topological polar surface area (TPSA) is 91.8 Å². The molecule has 0 atom stereocenters. The molecule has 0 saturated carbocycles. The quantitative estimate of drug-likeness (QED) is 0.154. The number of rotatable bonds is 6. The molecule has 21 rings (SSSR count). The maximum atomic E-state index is 9.45. The van der Waals surface area contributed by atoms with Crippen molar-refractivity contribution in [1.29, 1.82) is 10.5 Å². The SMILES string of the molecule is N#Cc1ccc2c(c1)Oc1cccc3c(-c4ccc(-c5cc6c7ccccc7c(-c7cccc8ccccc78)cc6c6ccccc56)cn4)ccc-2c13.N#Cc1ccc2c(c1)Oc1cccc3c(-c4ccc(-c5cc6c7ccccc7c(-c7ccccc7)cc6c6ccccc56)cn4)ccc-2c13. The van der Waals surface area contributed by atoms with Crippen molar-refractivity contribution in [2.24, 2.45) is 0 Å². The predicted octanol–water partition coefficient (Wildman–Crippen LogP) is 25.8. The van der Waals surface area contributed by atoms with Crippen LogP contribution in [-0.2, 0) is 0 Å². The standard InChI is InChI=1S/C50H28N2O.C46H26N2O/c51-28-30-19-21-40-42-23-22-39(41-17-8-18-48(50(41)42)53-49(40)25-30)47-24-20-32(29-52-47)43-26-45-38-15-6-5-14-37(38)44(27-46(45)36-13-4-3-12-35(36)43)34-16-7-10-31-9-1-2-11-33(31)34;47-26-28-17-19-36-38-21-20-35(37-15-8-16-44(46(37)38)49-45(36)23-28)43-22-18-30(27-48-43)40-25-42-33-13-6-4-11-31(33)39(29-9-2-1-3-10-29)24-41(42)34-14-7-5-12-32(34)40/h1-27,29H;1-25,27H. The van der Waals surface area contributed by atoms with Gasteiger partial charge in [-0.25, -0.2) is 0 Å². The zero-order valence-corrected chi connectivity index (χ0v) is 54.8. The number of nitrogens with zero attached hydrogens (tertiary/aromatic N) is 4. The van der Waals surface area contributed by atoms with Crippen molar-refractivity contribution < 1.29 is 9.47 Å². The predicted molar refractivity (Wildman–Crippen MR) is 419 cm³/mol. The summed E-state index contributed by atoms with van der Waals surface area (Å²) in [5, 5.41) is 40.4. The monoisotopic (exact) mass is 1290 g/mol. The van der Waals surface area contributed by atoms with Gasteiger partial charge < -0.3 is 9.47 Å². The van der Waals surface area contributed by atoms with Crippen molar-refractivity contribution in [2.45, 2.75) is 0 Å². The third-order valence-electron chi connectivity index (χ3n) is 20.9. The summed E-state index contributed by atoms with van der Waals surface area (Å²) in [5.41, 5.74) is 18.7. The molecule has 6 nitrogen and oxygen atoms in total. The zero-order valence-electron chi connectivity index (χ0n) is 54.8. The Kier molecular flexibility index (Phi) is 13.3. The van der Waals surface area contributed by atoms with E-state index in [4.69, 9.17) is 19.4 Å². The van der Waals surface area contributed by atoms with Crippen LogP contribution in [-0.4, -0.2) is 9.97 Å². The summed E-state index contributed by atoms with van der Waals surface area (Å²) in [4.78, 5) is 10.2. The van der Waals surface area contributed by atoms with Gasteiger partial charge in [0, 0.05) is 56.5 Å². The van der Waals surface area contributed by atoms with E-state index in [1.807, 2.05) is 73.1 Å². The fourth-order valence-electron chi connectivity index (χ4n) is 16.2. The Morgan fingerprint density at radius 1 is 0.216 bits per heavy atom. The van der Waals surface area contributed by atoms with Gasteiger partial charge in [-0.05, 0) is 216 Å². The van der Waals surface area contributed by atoms with Gasteiger partial charge in [0.15, 0.2) is 0 Å². The average molecular weight is 1300 g/mol. The molecule has 470 valence electrons. The molecule has 0 saturated heterocycles. The lowest BCUT2D eigenvalue weighted by Gasteiger charge is -2.22. The maximum Gasteiger partial charge on any atom is 0.136 e. The Balaban J connectivity index is 0.000000137. The van der Waals surface area contributed by atoms with Crippen molar-refractivity contribution in [3.8, 4) is 124 Å². The summed E-state index contributed by atoms with van der Waals surface area (Å²) in [6.07, 6.45) is 4.02. The van der Waals surface area contributed by atoms with Gasteiger partial charge in [-0.3, -0.25) is 9.97 Å². The number of hydrogen-bond donors (Lipinski definition) is 0. The van der Waals surface area contributed by atoms with E-state index in [2.05, 4.69) is 267 Å². The highest BCUT2D eigenvalue weighted by molar-refractivity contribution is 6.26. The molecule has 0 N–H and O–H groups in total. The highest BCUT2D eigenvalue weighted by Gasteiger charge is 2.26. The molecule has 0 radical (unpaired) electrons. The van der Waals surface area contributed by atoms with E-state index in [0.717, 1.165) is 94.5 Å². The molecule has 0 unspecified atom stereocenters. The lowest BCUT2D eigenvalue weighted by Crippen LogP contribution is -1.98. The first-order valence-corrected chi connectivity index (χ1v) is 34.3. The molecule has 17 aromatic carbocycles. The molecule has 2 aromatic heterocycles. The lowest BCUT2D eigenvalue weighted by molar-refractivity contribution is 0.486. The molecular formula is C96H54N4O2. The van der Waals surface area contributed by atoms with Crippen molar-refractivity contribution in [3.63, 3.8) is 0 Å². The van der Waals surface area contributed by atoms with Gasteiger partial charge in [0.05, 0.1) is 34.7 Å². The van der Waals surface area contributed by atoms with Crippen molar-refractivity contribution in [1.82, 2.24) is 9.97 Å². The van der Waals surface area contributed by atoms with Crippen molar-refractivity contribution in [2.75, 3.05) is 0 Å². The Bertz CT molecular complexity index is 6880. The Labute approximate surface area is 586 Å². The van der Waals surface area contributed by atoms with Gasteiger partial charge in [-0.15, -0.1) is 0 Å². The summed E-state index contributed by atoms with van der Waals surface area (Å²) >= 11 is 0. The van der Waals surface area contributed by atoms with Gasteiger partial charge in [0.25, 0.3) is 0 Å². The van der Waals surface area contributed by atoms with E-state index in [-0.39, 0.29) is 0 Å². The minimum atomic E-state index is 0.582. The lowest BCUT2D eigenvalue weighted by atomic mass is 9.87. The zero-order chi connectivity index (χ0) is 67.5. The first-order chi connectivity index (χ1) is 50.5. The van der Waals surface area contributed by atoms with Crippen LogP contribution in [0.3, 0.4) is 0 Å². The molecular weight excluding hydrogens is 1240 g/mol. The fraction of sp³-hybridized carbons (Fsp3) is 0. The molecule has 102 heavy (non-hydrogen) atoms. The van der Waals surface area contributed by atoms with Crippen LogP contribution in [0, 0.1) is 22.7 Å². The van der Waals surface area contributed by atoms with Crippen LogP contribution in [0.4, 0.5) is 0 Å². The van der Waals surface area contributed by atoms with E-state index in [1.54, 1.807) is 0 Å². The summed E-state index contributed by atoms with van der Waals surface area (Å²) in [5.74, 6) is 3.00. The van der Waals surface area contributed by atoms with Crippen LogP contribution >= 0.6 is 0 Å². The summed E-state index contributed by atoms with van der Waals surface area (Å²) in [7, 11) is 0. The van der Waals surface area contributed by atoms with Crippen molar-refractivity contribution in [3.05, 3.63) is 339 Å². The number of ether oxygens (including phenoxy) is 2. The van der Waals surface area contributed by atoms with Gasteiger partial charge in [-0.2, -0.15) is 10.5 Å². The van der Waals surface area contributed by atoms with E-state index >= 15 is 0 Å². The summed E-state index contributed by atoms with van der Waals surface area (Å²) in [6.45, 7) is 0. The van der Waals surface area contributed by atoms with Crippen LogP contribution in [0.25, 0.3) is 186 Å². The second kappa shape index (κ2) is 23.3. The molecule has 6 heteroatoms. The largest absolute Gasteiger partial charge is 0.456 e. The van der Waals surface area contributed by atoms with Crippen LogP contribution in [0.15, 0.2) is 328 Å². The number of nitriles is 2. The third kappa shape index (κ3) is 9.25. The average Bonchev–Trinajstić information content (AvgIpc) is 0.761. The number of hydrogen-bond acceptors (Lipinski definition) is 6. The second-order valence-electron chi connectivity index (χ2n) is 26.4. The normalized spacial score (nSPS) is 11.9. The Morgan fingerprint density at radius 2 is 0.578 bits per heavy atom. The smallest absolute Gasteiger partial charge is 0.136 e. The maximum absolute atomic E-state index is 9.45. The Morgan fingerprint density at radius 3 is 1.03 bits per heavy atom. The number of fused-ring (bicyclic) bond motifs is 15. The first-order valence-electron chi connectivity index (χ1n) is 34.3. The highest BCUT2D eigenvalue weighted by Crippen LogP contribution is 2.52. The molecule has 0 bridgehead atoms. The molecule has 0 amide bonds. The van der Waals surface area contributed by atoms with Crippen LogP contribution < -0.4 is 9.47 Å². The van der Waals surface area contributed by atoms with Gasteiger partial charge in [-0.1, -0.05) is 231 Å². The summed E-state index contributed by atoms with van der Waals surface area (Å²) < 4.78 is 12.7.